The van der Waals surface area contributed by atoms with Gasteiger partial charge in [-0.2, -0.15) is 0 Å². The highest BCUT2D eigenvalue weighted by Crippen LogP contribution is 2.45. The van der Waals surface area contributed by atoms with Gasteiger partial charge < -0.3 is 10.0 Å². The summed E-state index contributed by atoms with van der Waals surface area (Å²) in [6.45, 7) is -0.194. The highest BCUT2D eigenvalue weighted by molar-refractivity contribution is 8.18. The summed E-state index contributed by atoms with van der Waals surface area (Å²) in [6.07, 6.45) is 5.56. The van der Waals surface area contributed by atoms with Gasteiger partial charge in [0.25, 0.3) is 17.1 Å². The number of aliphatic carboxylic acids is 1. The molecule has 0 bridgehead atoms. The molecular formula is C28H24N2O5S. The first-order valence-corrected chi connectivity index (χ1v) is 12.8. The zero-order chi connectivity index (χ0) is 25.2. The lowest BCUT2D eigenvalue weighted by molar-refractivity contribution is -0.140. The van der Waals surface area contributed by atoms with E-state index in [1.807, 2.05) is 42.5 Å². The molecule has 2 fully saturated rings. The third-order valence-electron chi connectivity index (χ3n) is 6.68. The van der Waals surface area contributed by atoms with Crippen LogP contribution in [0.2, 0.25) is 0 Å². The molecule has 1 saturated carbocycles. The highest BCUT2D eigenvalue weighted by atomic mass is 32.2. The van der Waals surface area contributed by atoms with Crippen LogP contribution in [0.4, 0.5) is 10.5 Å². The van der Waals surface area contributed by atoms with Gasteiger partial charge in [-0.1, -0.05) is 49.3 Å². The summed E-state index contributed by atoms with van der Waals surface area (Å²) in [4.78, 5) is 52.8. The Kier molecular flexibility index (Phi) is 6.66. The lowest BCUT2D eigenvalue weighted by atomic mass is 9.89. The van der Waals surface area contributed by atoms with E-state index in [0.29, 0.717) is 45.9 Å². The maximum absolute atomic E-state index is 13.7. The van der Waals surface area contributed by atoms with Crippen LogP contribution in [0, 0.1) is 17.8 Å². The Morgan fingerprint density at radius 1 is 0.917 bits per heavy atom. The zero-order valence-corrected chi connectivity index (χ0v) is 20.3. The van der Waals surface area contributed by atoms with Crippen molar-refractivity contribution < 1.29 is 24.3 Å². The molecule has 7 nitrogen and oxygen atoms in total. The molecule has 0 radical (unpaired) electrons. The molecule has 1 N–H and O–H groups in total. The summed E-state index contributed by atoms with van der Waals surface area (Å²) in [6, 6.07) is 15.0. The molecule has 0 aromatic heterocycles. The number of amides is 3. The van der Waals surface area contributed by atoms with Gasteiger partial charge >= 0.3 is 5.97 Å². The first kappa shape index (κ1) is 23.9. The second-order valence-corrected chi connectivity index (χ2v) is 10.1. The maximum Gasteiger partial charge on any atom is 0.323 e. The number of carbonyl (C=O) groups is 4. The largest absolute Gasteiger partial charge is 0.480 e. The average molecular weight is 501 g/mol. The Morgan fingerprint density at radius 3 is 2.36 bits per heavy atom. The zero-order valence-electron chi connectivity index (χ0n) is 19.5. The summed E-state index contributed by atoms with van der Waals surface area (Å²) in [7, 11) is 0. The number of hydrogen-bond acceptors (Lipinski definition) is 5. The van der Waals surface area contributed by atoms with Gasteiger partial charge in [-0.15, -0.1) is 0 Å². The van der Waals surface area contributed by atoms with Crippen LogP contribution < -0.4 is 4.90 Å². The van der Waals surface area contributed by atoms with Crippen LogP contribution in [-0.4, -0.2) is 46.1 Å². The molecule has 8 heteroatoms. The second-order valence-electron chi connectivity index (χ2n) is 9.12. The normalized spacial score (nSPS) is 19.9. The number of nitrogens with zero attached hydrogens (tertiary/aromatic N) is 2. The van der Waals surface area contributed by atoms with E-state index in [9.17, 15) is 19.2 Å². The topological polar surface area (TPSA) is 95.0 Å². The predicted molar refractivity (Wildman–Crippen MR) is 137 cm³/mol. The number of carboxylic acids is 1. The van der Waals surface area contributed by atoms with Crippen LogP contribution in [0.1, 0.15) is 48.8 Å². The lowest BCUT2D eigenvalue weighted by Gasteiger charge is -2.27. The van der Waals surface area contributed by atoms with E-state index in [1.165, 1.54) is 6.42 Å². The molecule has 3 aliphatic rings. The minimum atomic E-state index is -1.29. The lowest BCUT2D eigenvalue weighted by Crippen LogP contribution is -2.34. The molecule has 2 aromatic rings. The molecule has 2 heterocycles. The van der Waals surface area contributed by atoms with E-state index in [2.05, 4.69) is 11.8 Å². The fourth-order valence-electron chi connectivity index (χ4n) is 4.92. The number of thioether (sulfide) groups is 1. The van der Waals surface area contributed by atoms with Gasteiger partial charge in [-0.25, -0.2) is 0 Å². The van der Waals surface area contributed by atoms with E-state index in [0.717, 1.165) is 31.2 Å². The van der Waals surface area contributed by atoms with Crippen LogP contribution in [0.15, 0.2) is 53.4 Å². The molecule has 1 saturated heterocycles. The third kappa shape index (κ3) is 4.67. The average Bonchev–Trinajstić information content (AvgIpc) is 3.30. The number of anilines is 1. The van der Waals surface area contributed by atoms with Crippen molar-refractivity contribution in [1.82, 2.24) is 4.90 Å². The van der Waals surface area contributed by atoms with Gasteiger partial charge in [0, 0.05) is 23.2 Å². The Hall–Kier alpha value is -3.83. The van der Waals surface area contributed by atoms with Crippen LogP contribution in [0.3, 0.4) is 0 Å². The van der Waals surface area contributed by atoms with E-state index >= 15 is 0 Å². The van der Waals surface area contributed by atoms with Crippen molar-refractivity contribution in [3.63, 3.8) is 0 Å². The van der Waals surface area contributed by atoms with E-state index in [4.69, 9.17) is 5.11 Å². The van der Waals surface area contributed by atoms with Crippen LogP contribution in [0.25, 0.3) is 5.57 Å². The molecule has 2 aliphatic heterocycles. The van der Waals surface area contributed by atoms with Crippen molar-refractivity contribution in [2.24, 2.45) is 5.92 Å². The predicted octanol–water partition coefficient (Wildman–Crippen LogP) is 4.50. The van der Waals surface area contributed by atoms with Crippen molar-refractivity contribution in [3.05, 3.63) is 70.1 Å². The maximum atomic E-state index is 13.7. The minimum Gasteiger partial charge on any atom is -0.480 e. The quantitative estimate of drug-likeness (QED) is 0.491. The smallest absolute Gasteiger partial charge is 0.323 e. The summed E-state index contributed by atoms with van der Waals surface area (Å²) in [5, 5.41) is 8.43. The molecule has 0 spiro atoms. The minimum absolute atomic E-state index is 0.0215. The van der Waals surface area contributed by atoms with E-state index in [-0.39, 0.29) is 16.4 Å². The second kappa shape index (κ2) is 10.0. The van der Waals surface area contributed by atoms with E-state index in [1.54, 1.807) is 11.0 Å². The van der Waals surface area contributed by atoms with Gasteiger partial charge in [-0.05, 0) is 60.9 Å². The van der Waals surface area contributed by atoms with Crippen LogP contribution in [0.5, 0.6) is 0 Å². The first-order valence-electron chi connectivity index (χ1n) is 12.0. The summed E-state index contributed by atoms with van der Waals surface area (Å²) < 4.78 is 0. The van der Waals surface area contributed by atoms with Crippen LogP contribution in [-0.2, 0) is 14.4 Å². The van der Waals surface area contributed by atoms with E-state index < -0.39 is 23.7 Å². The molecule has 2 aromatic carbocycles. The first-order chi connectivity index (χ1) is 17.4. The Labute approximate surface area is 213 Å². The molecule has 182 valence electrons. The van der Waals surface area contributed by atoms with Crippen molar-refractivity contribution in [3.8, 4) is 11.8 Å². The van der Waals surface area contributed by atoms with Gasteiger partial charge in [-0.3, -0.25) is 24.1 Å². The summed E-state index contributed by atoms with van der Waals surface area (Å²) >= 11 is 0.623. The number of fused-ring (bicyclic) bond motifs is 1. The van der Waals surface area contributed by atoms with Crippen molar-refractivity contribution in [2.45, 2.75) is 32.1 Å². The molecule has 0 atom stereocenters. The van der Waals surface area contributed by atoms with Gasteiger partial charge in [0.1, 0.15) is 6.54 Å². The SMILES string of the molecule is O=C(O)CN1C(=O)S/C(=C2\C(=O)N(CC3CCCCC3)c3ccc(C#Cc4ccccc4)cc32)C1=O. The molecule has 3 amide bonds. The number of carbonyl (C=O) groups excluding carboxylic acids is 3. The standard InChI is InChI=1S/C28H24N2O5S/c31-23(32)17-30-27(34)25(36-28(30)35)24-21-15-19(12-11-18-7-3-1-4-8-18)13-14-22(21)29(26(24)33)16-20-9-5-2-6-10-20/h1,3-4,7-8,13-15,20H,2,5-6,9-10,16-17H2,(H,31,32)/b25-24-. The Morgan fingerprint density at radius 2 is 1.64 bits per heavy atom. The number of carboxylic acid groups (broad SMARTS) is 1. The monoisotopic (exact) mass is 500 g/mol. The van der Waals surface area contributed by atoms with Crippen molar-refractivity contribution >= 4 is 46.0 Å². The van der Waals surface area contributed by atoms with Gasteiger partial charge in [0.2, 0.25) is 0 Å². The van der Waals surface area contributed by atoms with Crippen molar-refractivity contribution in [2.75, 3.05) is 18.0 Å². The van der Waals surface area contributed by atoms with Crippen LogP contribution >= 0.6 is 11.8 Å². The molecule has 5 rings (SSSR count). The number of benzene rings is 2. The summed E-state index contributed by atoms with van der Waals surface area (Å²) in [5.41, 5.74) is 2.92. The fraction of sp³-hybridized carbons (Fsp3) is 0.286. The molecular weight excluding hydrogens is 476 g/mol. The Bertz CT molecular complexity index is 1350. The van der Waals surface area contributed by atoms with Crippen molar-refractivity contribution in [1.29, 1.82) is 0 Å². The highest BCUT2D eigenvalue weighted by Gasteiger charge is 2.44. The molecule has 36 heavy (non-hydrogen) atoms. The molecule has 0 unspecified atom stereocenters. The fourth-order valence-corrected chi connectivity index (χ4v) is 5.85. The number of imide groups is 1. The summed E-state index contributed by atoms with van der Waals surface area (Å²) in [5.74, 6) is 4.22. The molecule has 1 aliphatic carbocycles. The van der Waals surface area contributed by atoms with Gasteiger partial charge in [0.15, 0.2) is 0 Å². The number of hydrogen-bond donors (Lipinski definition) is 1. The third-order valence-corrected chi connectivity index (χ3v) is 7.65. The van der Waals surface area contributed by atoms with Gasteiger partial charge in [0.05, 0.1) is 16.2 Å². The number of rotatable bonds is 4. The Balaban J connectivity index is 1.57.